The molecular formula is C16H15N3O. The van der Waals surface area contributed by atoms with E-state index in [2.05, 4.69) is 9.98 Å². The van der Waals surface area contributed by atoms with E-state index in [1.54, 1.807) is 29.4 Å². The second-order valence-electron chi connectivity index (χ2n) is 4.66. The van der Waals surface area contributed by atoms with Gasteiger partial charge >= 0.3 is 0 Å². The fraction of sp³-hybridized carbons (Fsp3) is 0.188. The number of nitrogens with zero attached hydrogens (tertiary/aromatic N) is 3. The summed E-state index contributed by atoms with van der Waals surface area (Å²) in [7, 11) is 0. The van der Waals surface area contributed by atoms with E-state index in [1.165, 1.54) is 0 Å². The fourth-order valence-corrected chi connectivity index (χ4v) is 2.29. The number of hydrogen-bond acceptors (Lipinski definition) is 3. The van der Waals surface area contributed by atoms with Gasteiger partial charge in [-0.2, -0.15) is 0 Å². The van der Waals surface area contributed by atoms with E-state index >= 15 is 0 Å². The van der Waals surface area contributed by atoms with E-state index in [0.29, 0.717) is 25.1 Å². The molecule has 100 valence electrons. The van der Waals surface area contributed by atoms with Gasteiger partial charge in [-0.1, -0.05) is 30.3 Å². The lowest BCUT2D eigenvalue weighted by atomic mass is 10.1. The molecule has 4 nitrogen and oxygen atoms in total. The molecular weight excluding hydrogens is 250 g/mol. The molecule has 1 aliphatic rings. The van der Waals surface area contributed by atoms with Crippen LogP contribution in [0.3, 0.4) is 0 Å². The van der Waals surface area contributed by atoms with Gasteiger partial charge in [-0.15, -0.1) is 0 Å². The van der Waals surface area contributed by atoms with Crippen molar-refractivity contribution in [2.75, 3.05) is 13.1 Å². The number of pyridine rings is 1. The van der Waals surface area contributed by atoms with Crippen LogP contribution in [-0.2, 0) is 6.42 Å². The van der Waals surface area contributed by atoms with Crippen LogP contribution in [0.5, 0.6) is 0 Å². The molecule has 2 aromatic rings. The van der Waals surface area contributed by atoms with Crippen LogP contribution >= 0.6 is 0 Å². The SMILES string of the molecule is O=C(c1cccnc1)N1CCN=C1Cc1ccccc1. The number of amidine groups is 1. The Kier molecular flexibility index (Phi) is 3.54. The fourth-order valence-electron chi connectivity index (χ4n) is 2.29. The van der Waals surface area contributed by atoms with E-state index < -0.39 is 0 Å². The number of aromatic nitrogens is 1. The van der Waals surface area contributed by atoms with Gasteiger partial charge in [0.1, 0.15) is 5.84 Å². The highest BCUT2D eigenvalue weighted by molar-refractivity contribution is 6.07. The van der Waals surface area contributed by atoms with Crippen LogP contribution < -0.4 is 0 Å². The van der Waals surface area contributed by atoms with Gasteiger partial charge in [0.2, 0.25) is 0 Å². The highest BCUT2D eigenvalue weighted by Crippen LogP contribution is 2.12. The molecule has 1 amide bonds. The molecule has 0 unspecified atom stereocenters. The highest BCUT2D eigenvalue weighted by Gasteiger charge is 2.24. The summed E-state index contributed by atoms with van der Waals surface area (Å²) < 4.78 is 0. The standard InChI is InChI=1S/C16H15N3O/c20-16(14-7-4-8-17-12-14)19-10-9-18-15(19)11-13-5-2-1-3-6-13/h1-8,12H,9-11H2. The van der Waals surface area contributed by atoms with E-state index in [-0.39, 0.29) is 5.91 Å². The summed E-state index contributed by atoms with van der Waals surface area (Å²) in [4.78, 5) is 22.7. The van der Waals surface area contributed by atoms with Gasteiger partial charge in [0, 0.05) is 25.4 Å². The molecule has 0 saturated carbocycles. The van der Waals surface area contributed by atoms with Crippen LogP contribution in [0.2, 0.25) is 0 Å². The molecule has 1 aromatic carbocycles. The zero-order chi connectivity index (χ0) is 13.8. The summed E-state index contributed by atoms with van der Waals surface area (Å²) in [6, 6.07) is 13.6. The smallest absolute Gasteiger partial charge is 0.260 e. The van der Waals surface area contributed by atoms with Crippen molar-refractivity contribution in [1.82, 2.24) is 9.88 Å². The summed E-state index contributed by atoms with van der Waals surface area (Å²) >= 11 is 0. The summed E-state index contributed by atoms with van der Waals surface area (Å²) in [5.41, 5.74) is 1.77. The second kappa shape index (κ2) is 5.65. The molecule has 0 aliphatic carbocycles. The van der Waals surface area contributed by atoms with E-state index in [0.717, 1.165) is 11.4 Å². The molecule has 3 rings (SSSR count). The van der Waals surface area contributed by atoms with Crippen LogP contribution in [0.15, 0.2) is 59.9 Å². The summed E-state index contributed by atoms with van der Waals surface area (Å²) in [6.45, 7) is 1.32. The van der Waals surface area contributed by atoms with E-state index in [4.69, 9.17) is 0 Å². The first-order valence-electron chi connectivity index (χ1n) is 6.64. The minimum Gasteiger partial charge on any atom is -0.294 e. The molecule has 0 atom stereocenters. The predicted molar refractivity (Wildman–Crippen MR) is 77.7 cm³/mol. The Morgan fingerprint density at radius 1 is 1.15 bits per heavy atom. The zero-order valence-corrected chi connectivity index (χ0v) is 11.1. The molecule has 2 heterocycles. The normalized spacial score (nSPS) is 14.2. The van der Waals surface area contributed by atoms with Crippen molar-refractivity contribution < 1.29 is 4.79 Å². The Morgan fingerprint density at radius 3 is 2.75 bits per heavy atom. The number of benzene rings is 1. The first-order valence-corrected chi connectivity index (χ1v) is 6.64. The van der Waals surface area contributed by atoms with Crippen molar-refractivity contribution in [2.24, 2.45) is 4.99 Å². The Hall–Kier alpha value is -2.49. The number of hydrogen-bond donors (Lipinski definition) is 0. The molecule has 1 aliphatic heterocycles. The molecule has 0 N–H and O–H groups in total. The summed E-state index contributed by atoms with van der Waals surface area (Å²) in [5, 5.41) is 0. The van der Waals surface area contributed by atoms with Crippen molar-refractivity contribution in [3.8, 4) is 0 Å². The highest BCUT2D eigenvalue weighted by atomic mass is 16.2. The van der Waals surface area contributed by atoms with Crippen molar-refractivity contribution in [3.63, 3.8) is 0 Å². The maximum absolute atomic E-state index is 12.5. The Balaban J connectivity index is 1.77. The topological polar surface area (TPSA) is 45.6 Å². The van der Waals surface area contributed by atoms with Crippen molar-refractivity contribution in [2.45, 2.75) is 6.42 Å². The largest absolute Gasteiger partial charge is 0.294 e. The molecule has 20 heavy (non-hydrogen) atoms. The van der Waals surface area contributed by atoms with Crippen molar-refractivity contribution >= 4 is 11.7 Å². The maximum atomic E-state index is 12.5. The molecule has 0 spiro atoms. The van der Waals surface area contributed by atoms with Crippen molar-refractivity contribution in [1.29, 1.82) is 0 Å². The van der Waals surface area contributed by atoms with Crippen molar-refractivity contribution in [3.05, 3.63) is 66.0 Å². The zero-order valence-electron chi connectivity index (χ0n) is 11.1. The van der Waals surface area contributed by atoms with Crippen LogP contribution in [0.25, 0.3) is 0 Å². The number of aliphatic imine (C=N–C) groups is 1. The third kappa shape index (κ3) is 2.59. The molecule has 1 aromatic heterocycles. The quantitative estimate of drug-likeness (QED) is 0.854. The average Bonchev–Trinajstić information content (AvgIpc) is 2.96. The average molecular weight is 265 g/mol. The maximum Gasteiger partial charge on any atom is 0.260 e. The molecule has 0 saturated heterocycles. The predicted octanol–water partition coefficient (Wildman–Crippen LogP) is 2.18. The van der Waals surface area contributed by atoms with Crippen LogP contribution in [0, 0.1) is 0 Å². The van der Waals surface area contributed by atoms with Gasteiger partial charge in [-0.3, -0.25) is 19.7 Å². The van der Waals surface area contributed by atoms with Gasteiger partial charge in [0.05, 0.1) is 12.1 Å². The third-order valence-electron chi connectivity index (χ3n) is 3.29. The molecule has 0 bridgehead atoms. The number of carbonyl (C=O) groups excluding carboxylic acids is 1. The minimum absolute atomic E-state index is 0.0229. The van der Waals surface area contributed by atoms with Gasteiger partial charge in [0.15, 0.2) is 0 Å². The second-order valence-corrected chi connectivity index (χ2v) is 4.66. The Labute approximate surface area is 117 Å². The lowest BCUT2D eigenvalue weighted by Crippen LogP contribution is -2.35. The van der Waals surface area contributed by atoms with Gasteiger partial charge in [-0.25, -0.2) is 0 Å². The first kappa shape index (κ1) is 12.5. The Morgan fingerprint density at radius 2 is 2.00 bits per heavy atom. The van der Waals surface area contributed by atoms with Gasteiger partial charge in [-0.05, 0) is 17.7 Å². The van der Waals surface area contributed by atoms with Gasteiger partial charge < -0.3 is 0 Å². The molecule has 0 fully saturated rings. The molecule has 0 radical (unpaired) electrons. The van der Waals surface area contributed by atoms with Crippen LogP contribution in [0.4, 0.5) is 0 Å². The molecule has 4 heteroatoms. The van der Waals surface area contributed by atoms with Gasteiger partial charge in [0.25, 0.3) is 5.91 Å². The van der Waals surface area contributed by atoms with Crippen LogP contribution in [0.1, 0.15) is 15.9 Å². The van der Waals surface area contributed by atoms with E-state index in [1.807, 2.05) is 30.3 Å². The van der Waals surface area contributed by atoms with E-state index in [9.17, 15) is 4.79 Å². The summed E-state index contributed by atoms with van der Waals surface area (Å²) in [6.07, 6.45) is 3.95. The third-order valence-corrected chi connectivity index (χ3v) is 3.29. The lowest BCUT2D eigenvalue weighted by Gasteiger charge is -2.18. The Bertz CT molecular complexity index is 623. The number of amides is 1. The summed E-state index contributed by atoms with van der Waals surface area (Å²) in [5.74, 6) is 0.815. The van der Waals surface area contributed by atoms with Crippen LogP contribution in [-0.4, -0.2) is 34.7 Å². The minimum atomic E-state index is -0.0229. The monoisotopic (exact) mass is 265 g/mol. The number of rotatable bonds is 3. The number of carbonyl (C=O) groups is 1. The first-order chi connectivity index (χ1) is 9.84. The lowest BCUT2D eigenvalue weighted by molar-refractivity contribution is 0.0856.